The second kappa shape index (κ2) is 5.70. The van der Waals surface area contributed by atoms with E-state index in [4.69, 9.17) is 11.6 Å². The molecule has 0 bridgehead atoms. The minimum absolute atomic E-state index is 0.438. The Hall–Kier alpha value is 0.0400. The van der Waals surface area contributed by atoms with Crippen LogP contribution in [0, 0.1) is 0 Å². The molecule has 1 aliphatic rings. The van der Waals surface area contributed by atoms with Gasteiger partial charge in [-0.15, -0.1) is 0 Å². The molecule has 0 aromatic rings. The fourth-order valence-electron chi connectivity index (χ4n) is 1.26. The molecule has 1 rings (SSSR count). The first-order valence-corrected chi connectivity index (χ1v) is 5.86. The number of nitrogens with one attached hydrogen (secondary N) is 1. The summed E-state index contributed by atoms with van der Waals surface area (Å²) in [6.45, 7) is 0.538. The van der Waals surface area contributed by atoms with Gasteiger partial charge in [-0.2, -0.15) is 11.8 Å². The van der Waals surface area contributed by atoms with Crippen molar-refractivity contribution in [2.24, 2.45) is 0 Å². The van der Waals surface area contributed by atoms with Crippen molar-refractivity contribution in [3.05, 3.63) is 0 Å². The van der Waals surface area contributed by atoms with E-state index in [1.165, 1.54) is 12.8 Å². The SMILES string of the molecule is O=C(NCC1CCCCS1)C(F)Cl. The van der Waals surface area contributed by atoms with Crippen LogP contribution in [0.4, 0.5) is 4.39 Å². The molecular weight excluding hydrogens is 213 g/mol. The summed E-state index contributed by atoms with van der Waals surface area (Å²) >= 11 is 6.80. The molecule has 2 atom stereocenters. The van der Waals surface area contributed by atoms with Gasteiger partial charge >= 0.3 is 0 Å². The van der Waals surface area contributed by atoms with Gasteiger partial charge in [0.15, 0.2) is 0 Å². The van der Waals surface area contributed by atoms with Crippen molar-refractivity contribution >= 4 is 29.3 Å². The highest BCUT2D eigenvalue weighted by Crippen LogP contribution is 2.24. The van der Waals surface area contributed by atoms with Crippen LogP contribution in [-0.4, -0.2) is 29.1 Å². The molecule has 1 fully saturated rings. The highest BCUT2D eigenvalue weighted by molar-refractivity contribution is 7.99. The lowest BCUT2D eigenvalue weighted by Gasteiger charge is -2.21. The first kappa shape index (κ1) is 11.1. The van der Waals surface area contributed by atoms with E-state index in [2.05, 4.69) is 5.32 Å². The van der Waals surface area contributed by atoms with E-state index in [0.29, 0.717) is 11.8 Å². The summed E-state index contributed by atoms with van der Waals surface area (Å²) in [5.74, 6) is 0.424. The van der Waals surface area contributed by atoms with Crippen molar-refractivity contribution < 1.29 is 9.18 Å². The smallest absolute Gasteiger partial charge is 0.270 e. The Kier molecular flexibility index (Phi) is 4.88. The van der Waals surface area contributed by atoms with Gasteiger partial charge in [-0.1, -0.05) is 18.0 Å². The van der Waals surface area contributed by atoms with Crippen LogP contribution in [0.15, 0.2) is 0 Å². The maximum Gasteiger partial charge on any atom is 0.270 e. The Morgan fingerprint density at radius 1 is 1.69 bits per heavy atom. The van der Waals surface area contributed by atoms with Gasteiger partial charge in [0.05, 0.1) is 0 Å². The van der Waals surface area contributed by atoms with E-state index in [1.807, 2.05) is 11.8 Å². The minimum atomic E-state index is -1.91. The van der Waals surface area contributed by atoms with E-state index in [0.717, 1.165) is 12.2 Å². The zero-order chi connectivity index (χ0) is 9.68. The molecule has 13 heavy (non-hydrogen) atoms. The van der Waals surface area contributed by atoms with E-state index >= 15 is 0 Å². The fraction of sp³-hybridized carbons (Fsp3) is 0.875. The molecule has 0 spiro atoms. The number of hydrogen-bond donors (Lipinski definition) is 1. The molecule has 1 heterocycles. The molecule has 1 N–H and O–H groups in total. The summed E-state index contributed by atoms with van der Waals surface area (Å²) in [7, 11) is 0. The van der Waals surface area contributed by atoms with Gasteiger partial charge in [-0.05, 0) is 18.6 Å². The summed E-state index contributed by atoms with van der Waals surface area (Å²) in [5.41, 5.74) is -1.91. The normalized spacial score (nSPS) is 25.2. The van der Waals surface area contributed by atoms with Gasteiger partial charge in [0, 0.05) is 11.8 Å². The Labute approximate surface area is 86.6 Å². The van der Waals surface area contributed by atoms with Crippen LogP contribution in [0.5, 0.6) is 0 Å². The molecule has 76 valence electrons. The Morgan fingerprint density at radius 2 is 2.46 bits per heavy atom. The van der Waals surface area contributed by atoms with Gasteiger partial charge < -0.3 is 5.32 Å². The van der Waals surface area contributed by atoms with Gasteiger partial charge in [-0.3, -0.25) is 4.79 Å². The molecule has 0 aromatic heterocycles. The van der Waals surface area contributed by atoms with Gasteiger partial charge in [-0.25, -0.2) is 4.39 Å². The van der Waals surface area contributed by atoms with Crippen molar-refractivity contribution in [1.29, 1.82) is 0 Å². The first-order chi connectivity index (χ1) is 6.20. The van der Waals surface area contributed by atoms with E-state index < -0.39 is 11.5 Å². The highest BCUT2D eigenvalue weighted by atomic mass is 35.5. The molecule has 0 aliphatic carbocycles. The predicted molar refractivity (Wildman–Crippen MR) is 53.9 cm³/mol. The number of amides is 1. The first-order valence-electron chi connectivity index (χ1n) is 4.37. The monoisotopic (exact) mass is 225 g/mol. The van der Waals surface area contributed by atoms with Crippen molar-refractivity contribution in [2.45, 2.75) is 30.1 Å². The third-order valence-electron chi connectivity index (χ3n) is 1.98. The summed E-state index contributed by atoms with van der Waals surface area (Å²) in [6.07, 6.45) is 3.55. The number of alkyl halides is 2. The van der Waals surface area contributed by atoms with Crippen LogP contribution in [0.1, 0.15) is 19.3 Å². The molecule has 0 saturated carbocycles. The molecular formula is C8H13ClFNOS. The highest BCUT2D eigenvalue weighted by Gasteiger charge is 2.17. The number of carbonyl (C=O) groups is 1. The average Bonchev–Trinajstić information content (AvgIpc) is 2.15. The molecule has 1 aliphatic heterocycles. The van der Waals surface area contributed by atoms with Gasteiger partial charge in [0.25, 0.3) is 11.5 Å². The minimum Gasteiger partial charge on any atom is -0.351 e. The van der Waals surface area contributed by atoms with Crippen molar-refractivity contribution in [2.75, 3.05) is 12.3 Å². The molecule has 2 unspecified atom stereocenters. The molecule has 1 amide bonds. The maximum atomic E-state index is 12.2. The van der Waals surface area contributed by atoms with Crippen LogP contribution >= 0.6 is 23.4 Å². The zero-order valence-electron chi connectivity index (χ0n) is 7.26. The quantitative estimate of drug-likeness (QED) is 0.744. The Bertz CT molecular complexity index is 174. The number of hydrogen-bond acceptors (Lipinski definition) is 2. The van der Waals surface area contributed by atoms with Crippen molar-refractivity contribution in [3.63, 3.8) is 0 Å². The lowest BCUT2D eigenvalue weighted by atomic mass is 10.2. The maximum absolute atomic E-state index is 12.2. The largest absolute Gasteiger partial charge is 0.351 e. The summed E-state index contributed by atoms with van der Waals surface area (Å²) in [5, 5.41) is 2.92. The number of rotatable bonds is 3. The topological polar surface area (TPSA) is 29.1 Å². The van der Waals surface area contributed by atoms with E-state index in [-0.39, 0.29) is 0 Å². The molecule has 5 heteroatoms. The zero-order valence-corrected chi connectivity index (χ0v) is 8.84. The second-order valence-corrected chi connectivity index (χ2v) is 4.83. The van der Waals surface area contributed by atoms with Crippen LogP contribution in [0.2, 0.25) is 0 Å². The third kappa shape index (κ3) is 4.18. The summed E-state index contributed by atoms with van der Waals surface area (Å²) in [4.78, 5) is 10.8. The Balaban J connectivity index is 2.13. The molecule has 0 radical (unpaired) electrons. The fourth-order valence-corrected chi connectivity index (χ4v) is 2.58. The van der Waals surface area contributed by atoms with E-state index in [9.17, 15) is 9.18 Å². The number of thioether (sulfide) groups is 1. The second-order valence-electron chi connectivity index (χ2n) is 3.03. The third-order valence-corrected chi connectivity index (χ3v) is 3.57. The van der Waals surface area contributed by atoms with Crippen molar-refractivity contribution in [3.8, 4) is 0 Å². The van der Waals surface area contributed by atoms with Crippen LogP contribution in [0.25, 0.3) is 0 Å². The van der Waals surface area contributed by atoms with Gasteiger partial charge in [0.2, 0.25) is 0 Å². The standard InChI is InChI=1S/C8H13ClFNOS/c9-7(10)8(12)11-5-6-3-1-2-4-13-6/h6-7H,1-5H2,(H,11,12). The van der Waals surface area contributed by atoms with Crippen LogP contribution in [0.3, 0.4) is 0 Å². The molecule has 1 saturated heterocycles. The molecule has 0 aromatic carbocycles. The average molecular weight is 226 g/mol. The lowest BCUT2D eigenvalue weighted by molar-refractivity contribution is -0.123. The number of halogens is 2. The van der Waals surface area contributed by atoms with Crippen molar-refractivity contribution in [1.82, 2.24) is 5.32 Å². The summed E-state index contributed by atoms with van der Waals surface area (Å²) < 4.78 is 12.2. The predicted octanol–water partition coefficient (Wildman–Crippen LogP) is 1.92. The Morgan fingerprint density at radius 3 is 3.00 bits per heavy atom. The lowest BCUT2D eigenvalue weighted by Crippen LogP contribution is -2.35. The van der Waals surface area contributed by atoms with Crippen LogP contribution in [-0.2, 0) is 4.79 Å². The number of carbonyl (C=O) groups excluding carboxylic acids is 1. The summed E-state index contributed by atoms with van der Waals surface area (Å²) in [6, 6.07) is 0. The molecule has 2 nitrogen and oxygen atoms in total. The van der Waals surface area contributed by atoms with E-state index in [1.54, 1.807) is 0 Å². The van der Waals surface area contributed by atoms with Crippen LogP contribution < -0.4 is 5.32 Å². The van der Waals surface area contributed by atoms with Gasteiger partial charge in [0.1, 0.15) is 0 Å².